The fourth-order valence-electron chi connectivity index (χ4n) is 3.24. The van der Waals surface area contributed by atoms with E-state index in [2.05, 4.69) is 77.6 Å². The normalized spacial score (nSPS) is 20.3. The molecule has 0 heterocycles. The molecule has 1 aliphatic carbocycles. The fourth-order valence-corrected chi connectivity index (χ4v) is 8.83. The van der Waals surface area contributed by atoms with E-state index in [1.807, 2.05) is 55.5 Å². The van der Waals surface area contributed by atoms with E-state index in [4.69, 9.17) is 0 Å². The van der Waals surface area contributed by atoms with Crippen LogP contribution in [0.15, 0.2) is 68.4 Å². The highest BCUT2D eigenvalue weighted by atomic mass is 79.9. The highest BCUT2D eigenvalue weighted by molar-refractivity contribution is 9.25. The van der Waals surface area contributed by atoms with Gasteiger partial charge in [0.05, 0.1) is 0 Å². The first-order valence-electron chi connectivity index (χ1n) is 7.75. The lowest BCUT2D eigenvalue weighted by Gasteiger charge is -2.21. The third-order valence-corrected chi connectivity index (χ3v) is 11.9. The number of halogens is 4. The zero-order valence-electron chi connectivity index (χ0n) is 14.0. The monoisotopic (exact) mass is 608 g/mol. The molecule has 0 bridgehead atoms. The van der Waals surface area contributed by atoms with Crippen molar-refractivity contribution in [1.29, 1.82) is 0 Å². The smallest absolute Gasteiger partial charge is 0.166 e. The summed E-state index contributed by atoms with van der Waals surface area (Å²) < 4.78 is 16.1. The Labute approximate surface area is 182 Å². The minimum absolute atomic E-state index is 0.0858. The Morgan fingerprint density at radius 2 is 1.16 bits per heavy atom. The Balaban J connectivity index is 2.28. The number of hydrogen-bond acceptors (Lipinski definition) is 1. The van der Waals surface area contributed by atoms with Gasteiger partial charge in [-0.25, -0.2) is 0 Å². The van der Waals surface area contributed by atoms with Gasteiger partial charge in [0.25, 0.3) is 0 Å². The van der Waals surface area contributed by atoms with Gasteiger partial charge in [-0.15, -0.1) is 0 Å². The van der Waals surface area contributed by atoms with Crippen LogP contribution in [0.5, 0.6) is 0 Å². The van der Waals surface area contributed by atoms with Crippen molar-refractivity contribution in [2.75, 3.05) is 0 Å². The summed E-state index contributed by atoms with van der Waals surface area (Å²) >= 11 is 14.5. The molecule has 0 aromatic heterocycles. The molecule has 0 spiro atoms. The van der Waals surface area contributed by atoms with E-state index in [9.17, 15) is 4.57 Å². The van der Waals surface area contributed by atoms with Gasteiger partial charge in [-0.3, -0.25) is 0 Å². The van der Waals surface area contributed by atoms with Gasteiger partial charge in [0, 0.05) is 25.0 Å². The van der Waals surface area contributed by atoms with Gasteiger partial charge >= 0.3 is 0 Å². The molecule has 0 amide bonds. The average molecular weight is 612 g/mol. The molecule has 0 N–H and O–H groups in total. The third-order valence-electron chi connectivity index (χ3n) is 4.88. The van der Waals surface area contributed by atoms with Crippen LogP contribution in [0.1, 0.15) is 20.8 Å². The summed E-state index contributed by atoms with van der Waals surface area (Å²) in [7, 11) is -2.93. The maximum Gasteiger partial charge on any atom is 0.166 e. The molecule has 0 radical (unpaired) electrons. The molecule has 2 aromatic carbocycles. The molecule has 1 saturated carbocycles. The topological polar surface area (TPSA) is 17.1 Å². The van der Waals surface area contributed by atoms with Gasteiger partial charge in [-0.1, -0.05) is 77.6 Å². The lowest BCUT2D eigenvalue weighted by Crippen LogP contribution is -2.17. The summed E-state index contributed by atoms with van der Waals surface area (Å²) in [6.07, 6.45) is 0. The van der Waals surface area contributed by atoms with Crippen molar-refractivity contribution in [3.05, 3.63) is 68.4 Å². The molecule has 0 unspecified atom stereocenters. The van der Waals surface area contributed by atoms with E-state index in [0.717, 1.165) is 30.4 Å². The summed E-state index contributed by atoms with van der Waals surface area (Å²) in [5.41, 5.74) is 1.08. The Morgan fingerprint density at radius 3 is 1.44 bits per heavy atom. The molecule has 3 rings (SSSR count). The lowest BCUT2D eigenvalue weighted by molar-refractivity contribution is 0.590. The predicted octanol–water partition coefficient (Wildman–Crippen LogP) is 7.33. The Kier molecular flexibility index (Phi) is 5.41. The van der Waals surface area contributed by atoms with E-state index < -0.39 is 7.14 Å². The molecule has 0 saturated heterocycles. The first-order chi connectivity index (χ1) is 11.5. The van der Waals surface area contributed by atoms with Crippen LogP contribution in [-0.2, 0) is 4.57 Å². The van der Waals surface area contributed by atoms with Gasteiger partial charge in [0.2, 0.25) is 0 Å². The quantitative estimate of drug-likeness (QED) is 0.263. The van der Waals surface area contributed by atoms with Crippen LogP contribution in [0, 0.1) is 5.41 Å². The molecule has 2 aromatic rings. The number of allylic oxidation sites excluding steroid dienone is 2. The van der Waals surface area contributed by atoms with Crippen LogP contribution in [0.4, 0.5) is 0 Å². The van der Waals surface area contributed by atoms with Gasteiger partial charge in [0.1, 0.15) is 3.23 Å². The molecular weight excluding hydrogens is 595 g/mol. The molecule has 132 valence electrons. The van der Waals surface area contributed by atoms with Crippen LogP contribution < -0.4 is 10.6 Å². The van der Waals surface area contributed by atoms with Crippen molar-refractivity contribution in [3.8, 4) is 0 Å². The third kappa shape index (κ3) is 3.23. The van der Waals surface area contributed by atoms with Crippen LogP contribution in [-0.4, -0.2) is 3.23 Å². The van der Waals surface area contributed by atoms with E-state index in [0.29, 0.717) is 0 Å². The molecule has 1 aliphatic rings. The fraction of sp³-hybridized carbons (Fsp3) is 0.263. The second-order valence-electron chi connectivity index (χ2n) is 6.72. The van der Waals surface area contributed by atoms with E-state index >= 15 is 0 Å². The van der Waals surface area contributed by atoms with Gasteiger partial charge in [-0.05, 0) is 66.3 Å². The van der Waals surface area contributed by atoms with Crippen molar-refractivity contribution >= 4 is 81.5 Å². The first-order valence-corrected chi connectivity index (χ1v) is 12.6. The Hall–Kier alpha value is 0.330. The summed E-state index contributed by atoms with van der Waals surface area (Å²) in [5, 5.41) is 2.64. The zero-order valence-corrected chi connectivity index (χ0v) is 21.2. The van der Waals surface area contributed by atoms with Gasteiger partial charge in [0.15, 0.2) is 7.14 Å². The maximum absolute atomic E-state index is 14.5. The van der Waals surface area contributed by atoms with Crippen molar-refractivity contribution in [2.24, 2.45) is 5.41 Å². The number of alkyl halides is 2. The molecule has 6 heteroatoms. The highest BCUT2D eigenvalue weighted by Gasteiger charge is 2.66. The SMILES string of the molecule is C/C(=C1\C(C)(C)C1(Br)Br)P(=O)(c1ccc(Br)cc1)c1ccc(Br)cc1. The molecule has 1 fully saturated rings. The summed E-state index contributed by atoms with van der Waals surface area (Å²) in [6, 6.07) is 15.6. The van der Waals surface area contributed by atoms with Crippen LogP contribution in [0.2, 0.25) is 0 Å². The second kappa shape index (κ2) is 6.74. The maximum atomic E-state index is 14.5. The minimum Gasteiger partial charge on any atom is -0.309 e. The van der Waals surface area contributed by atoms with E-state index in [1.54, 1.807) is 0 Å². The Morgan fingerprint density at radius 1 is 0.840 bits per heavy atom. The minimum atomic E-state index is -2.93. The first kappa shape index (κ1) is 20.1. The average Bonchev–Trinajstić information content (AvgIpc) is 2.96. The molecule has 0 atom stereocenters. The van der Waals surface area contributed by atoms with Gasteiger partial charge in [-0.2, -0.15) is 0 Å². The second-order valence-corrected chi connectivity index (χ2v) is 14.9. The largest absolute Gasteiger partial charge is 0.309 e. The number of rotatable bonds is 3. The lowest BCUT2D eigenvalue weighted by atomic mass is 10.2. The summed E-state index contributed by atoms with van der Waals surface area (Å²) in [5.74, 6) is 0. The highest BCUT2D eigenvalue weighted by Crippen LogP contribution is 2.75. The van der Waals surface area contributed by atoms with Crippen molar-refractivity contribution in [2.45, 2.75) is 24.0 Å². The predicted molar refractivity (Wildman–Crippen MR) is 122 cm³/mol. The van der Waals surface area contributed by atoms with Crippen molar-refractivity contribution in [3.63, 3.8) is 0 Å². The van der Waals surface area contributed by atoms with Crippen LogP contribution >= 0.6 is 70.9 Å². The standard InChI is InChI=1S/C19H17Br4OP/c1-12(17-18(2,3)19(17,22)23)25(24,15-8-4-13(20)5-9-15)16-10-6-14(21)7-11-16/h4-11H,1-3H3/b17-12-. The zero-order chi connectivity index (χ0) is 18.6. The van der Waals surface area contributed by atoms with E-state index in [1.165, 1.54) is 0 Å². The summed E-state index contributed by atoms with van der Waals surface area (Å²) in [6.45, 7) is 6.32. The van der Waals surface area contributed by atoms with Gasteiger partial charge < -0.3 is 4.57 Å². The number of benzene rings is 2. The molecular formula is C19H17Br4OP. The summed E-state index contributed by atoms with van der Waals surface area (Å²) in [4.78, 5) is 0. The van der Waals surface area contributed by atoms with Crippen molar-refractivity contribution < 1.29 is 4.57 Å². The van der Waals surface area contributed by atoms with E-state index in [-0.39, 0.29) is 8.65 Å². The van der Waals surface area contributed by atoms with Crippen LogP contribution in [0.3, 0.4) is 0 Å². The Bertz CT molecular complexity index is 831. The van der Waals surface area contributed by atoms with Crippen LogP contribution in [0.25, 0.3) is 0 Å². The van der Waals surface area contributed by atoms with Crippen molar-refractivity contribution in [1.82, 2.24) is 0 Å². The number of hydrogen-bond donors (Lipinski definition) is 0. The molecule has 25 heavy (non-hydrogen) atoms. The molecule has 1 nitrogen and oxygen atoms in total. The molecule has 0 aliphatic heterocycles.